The van der Waals surface area contributed by atoms with Crippen molar-refractivity contribution in [1.29, 1.82) is 0 Å². The molecule has 0 radical (unpaired) electrons. The summed E-state index contributed by atoms with van der Waals surface area (Å²) in [6.07, 6.45) is 16.6. The van der Waals surface area contributed by atoms with Gasteiger partial charge in [-0.3, -0.25) is 9.59 Å². The van der Waals surface area contributed by atoms with E-state index in [0.29, 0.717) is 11.1 Å². The fourth-order valence-corrected chi connectivity index (χ4v) is 16.8. The van der Waals surface area contributed by atoms with Crippen molar-refractivity contribution in [3.05, 3.63) is 333 Å². The molecule has 16 rings (SSSR count). The highest BCUT2D eigenvalue weighted by Crippen LogP contribution is 2.58. The Labute approximate surface area is 557 Å². The van der Waals surface area contributed by atoms with E-state index in [1.807, 2.05) is 109 Å². The number of benzene rings is 8. The molecule has 2 fully saturated rings. The van der Waals surface area contributed by atoms with Crippen LogP contribution in [0.3, 0.4) is 0 Å². The van der Waals surface area contributed by atoms with Crippen LogP contribution in [0.15, 0.2) is 294 Å². The second-order valence-electron chi connectivity index (χ2n) is 24.5. The minimum atomic E-state index is -0.213. The van der Waals surface area contributed by atoms with Gasteiger partial charge in [-0.25, -0.2) is 4.58 Å². The Balaban J connectivity index is 0.000000159. The van der Waals surface area contributed by atoms with E-state index in [1.165, 1.54) is 34.0 Å². The van der Waals surface area contributed by atoms with Crippen molar-refractivity contribution in [3.63, 3.8) is 0 Å². The van der Waals surface area contributed by atoms with Crippen LogP contribution >= 0.6 is 23.1 Å². The first-order chi connectivity index (χ1) is 46.3. The molecule has 2 aromatic heterocycles. The number of aliphatic hydroxyl groups is 1. The number of carbonyl (C=O) groups excluding carboxylic acids is 2. The molecule has 10 aromatic rings. The number of piperidine rings is 2. The minimum absolute atomic E-state index is 0.0797. The molecule has 6 heterocycles. The van der Waals surface area contributed by atoms with Gasteiger partial charge in [0.05, 0.1) is 27.0 Å². The van der Waals surface area contributed by atoms with Gasteiger partial charge in [-0.2, -0.15) is 4.57 Å². The fraction of sp³-hybridized carbons (Fsp3) is 0.143. The quantitative estimate of drug-likeness (QED) is 0.0962. The number of carbonyl (C=O) groups is 2. The number of para-hydroxylation sites is 2. The molecule has 94 heavy (non-hydrogen) atoms. The van der Waals surface area contributed by atoms with Crippen LogP contribution in [0, 0.1) is 0 Å². The van der Waals surface area contributed by atoms with Crippen LogP contribution in [0.1, 0.15) is 76.8 Å². The zero-order valence-electron chi connectivity index (χ0n) is 52.2. The first kappa shape index (κ1) is 59.9. The molecule has 0 amide bonds. The van der Waals surface area contributed by atoms with Crippen LogP contribution in [0.4, 0.5) is 10.7 Å². The van der Waals surface area contributed by atoms with Crippen molar-refractivity contribution in [2.24, 2.45) is 0 Å². The zero-order valence-corrected chi connectivity index (χ0v) is 53.8. The van der Waals surface area contributed by atoms with Gasteiger partial charge >= 0.3 is 0 Å². The number of allylic oxidation sites excluding steroid dienone is 8. The maximum atomic E-state index is 14.9. The van der Waals surface area contributed by atoms with E-state index in [-0.39, 0.29) is 34.2 Å². The molecule has 8 nitrogen and oxygen atoms in total. The summed E-state index contributed by atoms with van der Waals surface area (Å²) in [5.41, 5.74) is 17.3. The zero-order chi connectivity index (χ0) is 63.5. The van der Waals surface area contributed by atoms with E-state index in [4.69, 9.17) is 0 Å². The van der Waals surface area contributed by atoms with Crippen LogP contribution in [0.5, 0.6) is 0 Å². The maximum absolute atomic E-state index is 14.9. The first-order valence-corrected chi connectivity index (χ1v) is 34.3. The van der Waals surface area contributed by atoms with Crippen molar-refractivity contribution in [1.82, 2.24) is 0 Å². The van der Waals surface area contributed by atoms with Gasteiger partial charge in [0.25, 0.3) is 0 Å². The summed E-state index contributed by atoms with van der Waals surface area (Å²) >= 11 is 3.34. The highest BCUT2D eigenvalue weighted by molar-refractivity contribution is 8.19. The van der Waals surface area contributed by atoms with Gasteiger partial charge < -0.3 is 20.0 Å². The molecule has 0 spiro atoms. The Morgan fingerprint density at radius 3 is 1.74 bits per heavy atom. The highest BCUT2D eigenvalue weighted by atomic mass is 32.2. The third-order valence-corrected chi connectivity index (χ3v) is 21.1. The molecule has 460 valence electrons. The normalized spacial score (nSPS) is 18.0. The number of hydrogen-bond acceptors (Lipinski definition) is 8. The Morgan fingerprint density at radius 2 is 1.10 bits per heavy atom. The maximum Gasteiger partial charge on any atom is 0.248 e. The summed E-state index contributed by atoms with van der Waals surface area (Å²) in [7, 11) is 0. The summed E-state index contributed by atoms with van der Waals surface area (Å²) in [6, 6.07) is 80.8. The molecular formula is C84H69N4O4S2+. The van der Waals surface area contributed by atoms with E-state index >= 15 is 0 Å². The van der Waals surface area contributed by atoms with E-state index in [9.17, 15) is 19.8 Å². The number of anilines is 2. The number of aromatic nitrogens is 1. The summed E-state index contributed by atoms with van der Waals surface area (Å²) in [6.45, 7) is 5.42. The number of thiophene rings is 1. The Morgan fingerprint density at radius 1 is 0.532 bits per heavy atom. The lowest BCUT2D eigenvalue weighted by Gasteiger charge is -2.31. The van der Waals surface area contributed by atoms with Gasteiger partial charge in [0.15, 0.2) is 18.5 Å². The number of ketones is 2. The summed E-state index contributed by atoms with van der Waals surface area (Å²) < 4.78 is 4.69. The number of Topliss-reactive ketones (excluding diaryl/α,β-unsaturated/α-hetero) is 2. The first-order valence-electron chi connectivity index (χ1n) is 32.7. The SMILES string of the molecule is O=C1C(/C=C2/C=CN(Cc3ccccc3)c3ccccc32)=C([O-])C/1=C/c1cc[n+](Cc2ccccc2)c2ccccc12.O=C1C(c2sc(N3CCCCC3)c(-c3ccccc3)c2-c2ccccc2)=C(O)/C1=C1\SC(=[N+]2CCCCC2)C(c2ccccc2)=C1c1ccccc1. The van der Waals surface area contributed by atoms with E-state index < -0.39 is 0 Å². The lowest BCUT2D eigenvalue weighted by molar-refractivity contribution is -0.662. The largest absolute Gasteiger partial charge is 0.871 e. The van der Waals surface area contributed by atoms with Crippen LogP contribution in [-0.2, 0) is 22.7 Å². The summed E-state index contributed by atoms with van der Waals surface area (Å²) in [4.78, 5) is 34.6. The molecule has 0 bridgehead atoms. The average molecular weight is 1260 g/mol. The molecule has 2 aliphatic carbocycles. The molecule has 6 aliphatic rings. The number of rotatable bonds is 12. The second-order valence-corrected chi connectivity index (χ2v) is 26.5. The number of fused-ring (bicyclic) bond motifs is 2. The average Bonchev–Trinajstić information content (AvgIpc) is 1.50. The van der Waals surface area contributed by atoms with E-state index in [2.05, 4.69) is 165 Å². The third kappa shape index (κ3) is 11.6. The van der Waals surface area contributed by atoms with Crippen molar-refractivity contribution in [2.75, 3.05) is 36.0 Å². The molecule has 2 saturated heterocycles. The number of nitrogens with zero attached hydrogens (tertiary/aromatic N) is 4. The lowest BCUT2D eigenvalue weighted by Crippen LogP contribution is -2.35. The third-order valence-electron chi connectivity index (χ3n) is 18.6. The minimum Gasteiger partial charge on any atom is -0.871 e. The molecule has 1 N–H and O–H groups in total. The van der Waals surface area contributed by atoms with Gasteiger partial charge in [-0.1, -0.05) is 218 Å². The molecule has 0 saturated carbocycles. The van der Waals surface area contributed by atoms with E-state index in [1.54, 1.807) is 35.3 Å². The Bertz CT molecular complexity index is 4840. The van der Waals surface area contributed by atoms with Gasteiger partial charge in [-0.05, 0) is 107 Å². The highest BCUT2D eigenvalue weighted by Gasteiger charge is 2.46. The van der Waals surface area contributed by atoms with Crippen LogP contribution in [0.2, 0.25) is 0 Å². The summed E-state index contributed by atoms with van der Waals surface area (Å²) in [5, 5.41) is 29.0. The number of hydrogen-bond donors (Lipinski definition) is 1. The van der Waals surface area contributed by atoms with Crippen LogP contribution in [-0.4, -0.2) is 52.5 Å². The van der Waals surface area contributed by atoms with Crippen molar-refractivity contribution >= 4 is 89.7 Å². The Hall–Kier alpha value is -10.4. The van der Waals surface area contributed by atoms with Gasteiger partial charge in [0.1, 0.15) is 23.8 Å². The Kier molecular flexibility index (Phi) is 17.0. The van der Waals surface area contributed by atoms with Gasteiger partial charge in [-0.15, -0.1) is 11.3 Å². The number of thioether (sulfide) groups is 1. The van der Waals surface area contributed by atoms with Crippen molar-refractivity contribution < 1.29 is 28.9 Å². The van der Waals surface area contributed by atoms with Crippen molar-refractivity contribution in [2.45, 2.75) is 51.6 Å². The molecule has 0 atom stereocenters. The molecule has 4 aliphatic heterocycles. The predicted octanol–water partition coefficient (Wildman–Crippen LogP) is 17.5. The number of pyridine rings is 1. The molecular weight excluding hydrogens is 1190 g/mol. The number of aliphatic hydroxyl groups excluding tert-OH is 1. The van der Waals surface area contributed by atoms with Crippen LogP contribution in [0.25, 0.3) is 61.5 Å². The van der Waals surface area contributed by atoms with Crippen molar-refractivity contribution in [3.8, 4) is 22.3 Å². The smallest absolute Gasteiger partial charge is 0.248 e. The lowest BCUT2D eigenvalue weighted by atomic mass is 9.81. The molecule has 10 heteroatoms. The second kappa shape index (κ2) is 26.7. The topological polar surface area (TPSA) is 90.8 Å². The van der Waals surface area contributed by atoms with E-state index in [0.717, 1.165) is 153 Å². The van der Waals surface area contributed by atoms with Crippen LogP contribution < -0.4 is 19.5 Å². The molecule has 8 aromatic carbocycles. The van der Waals surface area contributed by atoms with Gasteiger partial charge in [0.2, 0.25) is 16.3 Å². The monoisotopic (exact) mass is 1260 g/mol. The predicted molar refractivity (Wildman–Crippen MR) is 385 cm³/mol. The molecule has 0 unspecified atom stereocenters. The van der Waals surface area contributed by atoms with Gasteiger partial charge in [0, 0.05) is 100 Å². The fourth-order valence-electron chi connectivity index (χ4n) is 13.9. The summed E-state index contributed by atoms with van der Waals surface area (Å²) in [5.74, 6) is -0.397. The standard InChI is InChI=1S/C46H40N2O2S2.C38H28N2O2/c49-41-39(43-35(31-19-7-1-8-20-31)37(33-23-11-3-12-24-33)45(51-43)47-27-15-5-16-28-47)42(50)40(41)44-36(32-21-9-2-10-22-32)38(34-25-13-4-14-26-34)46(52-44)48-29-17-6-18-30-48;41-37-33(23-29-19-21-39(25-27-11-3-1-4-12-27)35-17-9-7-15-31(29)35)38(42)34(37)24-30-20-22-40(26-28-13-5-2-6-14-28)36-18-10-8-16-32(30)36/h1-4,7-14,19-26H,5-6,15-18,27-30H2;1-24H,25-26H2/p+1.